The van der Waals surface area contributed by atoms with E-state index in [4.69, 9.17) is 14.2 Å². The lowest BCUT2D eigenvalue weighted by atomic mass is 9.54. The molecule has 0 radical (unpaired) electrons. The smallest absolute Gasteiger partial charge is 0.317 e. The van der Waals surface area contributed by atoms with E-state index in [-0.39, 0.29) is 40.5 Å². The Hall–Kier alpha value is -2.82. The molecule has 2 fully saturated rings. The molecule has 3 aliphatic carbocycles. The van der Waals surface area contributed by atoms with Crippen molar-refractivity contribution >= 4 is 11.8 Å². The molecular weight excluding hydrogens is 524 g/mol. The highest BCUT2D eigenvalue weighted by molar-refractivity contribution is 6.00. The SMILES string of the molecule is COc1ccc(C(C)(C)[C@@H]2CC[C@@H](C)C[C@@H]2OC(=O)[C@@H]2C(=O)CC[C@]3(C)c4ccc(C(C)C)c(OC)c4CC[C@@H]23)cc1. The van der Waals surface area contributed by atoms with E-state index in [9.17, 15) is 9.59 Å². The van der Waals surface area contributed by atoms with Gasteiger partial charge in [-0.2, -0.15) is 0 Å². The van der Waals surface area contributed by atoms with Crippen molar-refractivity contribution in [1.82, 2.24) is 0 Å². The fourth-order valence-corrected chi connectivity index (χ4v) is 8.60. The number of benzene rings is 2. The highest BCUT2D eigenvalue weighted by Gasteiger charge is 2.54. The molecule has 228 valence electrons. The first-order valence-corrected chi connectivity index (χ1v) is 16.0. The molecule has 0 heterocycles. The van der Waals surface area contributed by atoms with Gasteiger partial charge in [-0.05, 0) is 95.1 Å². The number of ether oxygens (including phenoxy) is 3. The molecule has 5 rings (SSSR count). The summed E-state index contributed by atoms with van der Waals surface area (Å²) in [6.07, 6.45) is 5.47. The van der Waals surface area contributed by atoms with Gasteiger partial charge in [-0.3, -0.25) is 9.59 Å². The van der Waals surface area contributed by atoms with Crippen LogP contribution in [0, 0.1) is 23.7 Å². The lowest BCUT2D eigenvalue weighted by molar-refractivity contribution is -0.169. The molecule has 0 amide bonds. The second kappa shape index (κ2) is 11.7. The Balaban J connectivity index is 1.43. The summed E-state index contributed by atoms with van der Waals surface area (Å²) in [6, 6.07) is 12.7. The Bertz CT molecular complexity index is 1310. The number of hydrogen-bond donors (Lipinski definition) is 0. The van der Waals surface area contributed by atoms with Gasteiger partial charge in [-0.25, -0.2) is 0 Å². The van der Waals surface area contributed by atoms with Gasteiger partial charge in [0.15, 0.2) is 0 Å². The zero-order valence-corrected chi connectivity index (χ0v) is 26.9. The molecule has 0 saturated heterocycles. The quantitative estimate of drug-likeness (QED) is 0.248. The molecule has 42 heavy (non-hydrogen) atoms. The summed E-state index contributed by atoms with van der Waals surface area (Å²) in [6.45, 7) is 13.4. The summed E-state index contributed by atoms with van der Waals surface area (Å²) in [4.78, 5) is 27.7. The van der Waals surface area contributed by atoms with Crippen LogP contribution in [0.5, 0.6) is 11.5 Å². The third-order valence-electron chi connectivity index (χ3n) is 11.2. The van der Waals surface area contributed by atoms with Crippen LogP contribution in [0.3, 0.4) is 0 Å². The van der Waals surface area contributed by atoms with Crippen LogP contribution in [0.1, 0.15) is 108 Å². The minimum absolute atomic E-state index is 0.0477. The van der Waals surface area contributed by atoms with Crippen molar-refractivity contribution in [2.24, 2.45) is 23.7 Å². The number of methoxy groups -OCH3 is 2. The van der Waals surface area contributed by atoms with Crippen molar-refractivity contribution < 1.29 is 23.8 Å². The van der Waals surface area contributed by atoms with Gasteiger partial charge in [-0.15, -0.1) is 0 Å². The lowest BCUT2D eigenvalue weighted by Gasteiger charge is -2.50. The zero-order valence-electron chi connectivity index (χ0n) is 26.9. The highest BCUT2D eigenvalue weighted by atomic mass is 16.5. The van der Waals surface area contributed by atoms with Crippen LogP contribution in [-0.2, 0) is 31.6 Å². The lowest BCUT2D eigenvalue weighted by Crippen LogP contribution is -2.52. The predicted octanol–water partition coefficient (Wildman–Crippen LogP) is 7.95. The largest absolute Gasteiger partial charge is 0.497 e. The first-order chi connectivity index (χ1) is 19.9. The first-order valence-electron chi connectivity index (χ1n) is 16.0. The Kier molecular flexibility index (Phi) is 8.53. The Morgan fingerprint density at radius 3 is 2.33 bits per heavy atom. The molecule has 0 unspecified atom stereocenters. The number of esters is 1. The average molecular weight is 575 g/mol. The third-order valence-corrected chi connectivity index (χ3v) is 11.2. The molecule has 0 N–H and O–H groups in total. The normalized spacial score (nSPS) is 29.5. The van der Waals surface area contributed by atoms with Gasteiger partial charge in [0, 0.05) is 12.3 Å². The van der Waals surface area contributed by atoms with Gasteiger partial charge in [-0.1, -0.05) is 72.2 Å². The average Bonchev–Trinajstić information content (AvgIpc) is 2.96. The number of hydrogen-bond acceptors (Lipinski definition) is 5. The molecule has 0 bridgehead atoms. The highest BCUT2D eigenvalue weighted by Crippen LogP contribution is 2.54. The number of Topliss-reactive ketones (excluding diaryl/α,β-unsaturated/α-hetero) is 1. The van der Waals surface area contributed by atoms with E-state index >= 15 is 0 Å². The van der Waals surface area contributed by atoms with E-state index in [0.717, 1.165) is 50.0 Å². The second-order valence-electron chi connectivity index (χ2n) is 14.3. The Labute approximate surface area is 252 Å². The summed E-state index contributed by atoms with van der Waals surface area (Å²) >= 11 is 0. The maximum Gasteiger partial charge on any atom is 0.317 e. The molecule has 3 aliphatic rings. The van der Waals surface area contributed by atoms with Crippen LogP contribution in [0.15, 0.2) is 36.4 Å². The van der Waals surface area contributed by atoms with Gasteiger partial charge in [0.25, 0.3) is 0 Å². The standard InChI is InChI=1S/C37H50O5/c1-22(2)26-14-17-28-27(34(26)41-8)15-18-30-33(31(38)19-20-37(28,30)6)35(39)42-32-21-23(3)9-16-29(32)36(4,5)24-10-12-25(40-7)13-11-24/h10-14,17,22-23,29-30,32-33H,9,15-16,18-21H2,1-8H3/t23-,29-,30+,32+,33+,37-/m1/s1. The molecule has 0 aliphatic heterocycles. The summed E-state index contributed by atoms with van der Waals surface area (Å²) in [5.74, 6) is 1.78. The Morgan fingerprint density at radius 1 is 0.976 bits per heavy atom. The van der Waals surface area contributed by atoms with Crippen LogP contribution in [0.4, 0.5) is 0 Å². The van der Waals surface area contributed by atoms with Crippen LogP contribution in [-0.4, -0.2) is 32.1 Å². The predicted molar refractivity (Wildman–Crippen MR) is 166 cm³/mol. The molecule has 2 saturated carbocycles. The molecule has 2 aromatic carbocycles. The number of fused-ring (bicyclic) bond motifs is 3. The molecule has 6 atom stereocenters. The van der Waals surface area contributed by atoms with Gasteiger partial charge < -0.3 is 14.2 Å². The molecule has 0 spiro atoms. The van der Waals surface area contributed by atoms with Crippen LogP contribution in [0.2, 0.25) is 0 Å². The van der Waals surface area contributed by atoms with Gasteiger partial charge in [0.1, 0.15) is 29.3 Å². The van der Waals surface area contributed by atoms with Crippen LogP contribution >= 0.6 is 0 Å². The van der Waals surface area contributed by atoms with Crippen molar-refractivity contribution in [2.45, 2.75) is 109 Å². The number of carbonyl (C=O) groups is 2. The van der Waals surface area contributed by atoms with Crippen molar-refractivity contribution in [1.29, 1.82) is 0 Å². The summed E-state index contributed by atoms with van der Waals surface area (Å²) < 4.78 is 17.9. The topological polar surface area (TPSA) is 61.8 Å². The fourth-order valence-electron chi connectivity index (χ4n) is 8.60. The summed E-state index contributed by atoms with van der Waals surface area (Å²) in [7, 11) is 3.44. The molecule has 5 nitrogen and oxygen atoms in total. The Morgan fingerprint density at radius 2 is 1.69 bits per heavy atom. The van der Waals surface area contributed by atoms with Gasteiger partial charge >= 0.3 is 5.97 Å². The molecule has 2 aromatic rings. The summed E-state index contributed by atoms with van der Waals surface area (Å²) in [5.41, 5.74) is 4.47. The second-order valence-corrected chi connectivity index (χ2v) is 14.3. The minimum atomic E-state index is -0.713. The van der Waals surface area contributed by atoms with Gasteiger partial charge in [0.05, 0.1) is 14.2 Å². The van der Waals surface area contributed by atoms with Crippen molar-refractivity contribution in [3.8, 4) is 11.5 Å². The van der Waals surface area contributed by atoms with E-state index < -0.39 is 5.92 Å². The van der Waals surface area contributed by atoms with E-state index in [1.54, 1.807) is 14.2 Å². The zero-order chi connectivity index (χ0) is 30.4. The molecular formula is C37H50O5. The third kappa shape index (κ3) is 5.26. The van der Waals surface area contributed by atoms with Gasteiger partial charge in [0.2, 0.25) is 0 Å². The van der Waals surface area contributed by atoms with Crippen molar-refractivity contribution in [3.63, 3.8) is 0 Å². The first kappa shape index (κ1) is 30.6. The van der Waals surface area contributed by atoms with Crippen molar-refractivity contribution in [3.05, 3.63) is 58.7 Å². The number of ketones is 1. The summed E-state index contributed by atoms with van der Waals surface area (Å²) in [5, 5.41) is 0. The van der Waals surface area contributed by atoms with E-state index in [2.05, 4.69) is 65.8 Å². The fraction of sp³-hybridized carbons (Fsp3) is 0.622. The van der Waals surface area contributed by atoms with Crippen LogP contribution in [0.25, 0.3) is 0 Å². The number of rotatable bonds is 7. The monoisotopic (exact) mass is 574 g/mol. The van der Waals surface area contributed by atoms with Crippen LogP contribution < -0.4 is 9.47 Å². The van der Waals surface area contributed by atoms with E-state index in [1.807, 2.05) is 12.1 Å². The van der Waals surface area contributed by atoms with E-state index in [1.165, 1.54) is 22.3 Å². The maximum atomic E-state index is 14.2. The maximum absolute atomic E-state index is 14.2. The minimum Gasteiger partial charge on any atom is -0.497 e. The molecule has 0 aromatic heterocycles. The molecule has 5 heteroatoms. The van der Waals surface area contributed by atoms with Crippen molar-refractivity contribution in [2.75, 3.05) is 14.2 Å². The number of carbonyl (C=O) groups excluding carboxylic acids is 2. The van der Waals surface area contributed by atoms with E-state index in [0.29, 0.717) is 18.3 Å².